The largest absolute Gasteiger partial charge is 0.481 e. The van der Waals surface area contributed by atoms with Crippen molar-refractivity contribution >= 4 is 40.6 Å². The second-order valence-electron chi connectivity index (χ2n) is 13.2. The summed E-state index contributed by atoms with van der Waals surface area (Å²) in [7, 11) is 0. The molecule has 4 aromatic rings. The molecule has 0 aliphatic carbocycles. The van der Waals surface area contributed by atoms with Crippen LogP contribution in [0.3, 0.4) is 0 Å². The molecule has 45 heavy (non-hydrogen) atoms. The Bertz CT molecular complexity index is 1680. The minimum absolute atomic E-state index is 0.0638. The fraction of sp³-hybridized carbons (Fsp3) is 0.368. The second kappa shape index (κ2) is 13.4. The summed E-state index contributed by atoms with van der Waals surface area (Å²) in [4.78, 5) is 18.6. The fourth-order valence-corrected chi connectivity index (χ4v) is 6.42. The van der Waals surface area contributed by atoms with E-state index in [2.05, 4.69) is 79.4 Å². The lowest BCUT2D eigenvalue weighted by molar-refractivity contribution is -0.310. The van der Waals surface area contributed by atoms with E-state index in [9.17, 15) is 9.90 Å². The maximum Gasteiger partial charge on any atom is 0.306 e. The van der Waals surface area contributed by atoms with Gasteiger partial charge in [-0.2, -0.15) is 0 Å². The molecule has 6 nitrogen and oxygen atoms in total. The first kappa shape index (κ1) is 31.4. The van der Waals surface area contributed by atoms with Crippen LogP contribution in [0.15, 0.2) is 78.9 Å². The summed E-state index contributed by atoms with van der Waals surface area (Å²) in [6.07, 6.45) is 6.98. The number of piperidine rings is 1. The Morgan fingerprint density at radius 1 is 0.956 bits per heavy atom. The first-order valence-electron chi connectivity index (χ1n) is 15.8. The number of nitrogens with zero attached hydrogens (tertiary/aromatic N) is 2. The highest BCUT2D eigenvalue weighted by atomic mass is 35.5. The predicted octanol–water partition coefficient (Wildman–Crippen LogP) is 8.21. The van der Waals surface area contributed by atoms with Crippen LogP contribution in [-0.2, 0) is 33.0 Å². The normalized spacial score (nSPS) is 18.8. The van der Waals surface area contributed by atoms with Crippen molar-refractivity contribution in [3.05, 3.63) is 112 Å². The number of aryl methyl sites for hydroxylation is 1. The van der Waals surface area contributed by atoms with Crippen LogP contribution in [0.5, 0.6) is 0 Å². The van der Waals surface area contributed by atoms with E-state index in [0.717, 1.165) is 53.8 Å². The molecule has 0 amide bonds. The average molecular weight is 625 g/mol. The lowest BCUT2D eigenvalue weighted by Gasteiger charge is -2.44. The summed E-state index contributed by atoms with van der Waals surface area (Å²) in [6, 6.07) is 26.8. The van der Waals surface area contributed by atoms with Crippen molar-refractivity contribution in [3.8, 4) is 0 Å². The number of carboxylic acid groups (broad SMARTS) is 1. The molecule has 3 aromatic carbocycles. The lowest BCUT2D eigenvalue weighted by atomic mass is 9.89. The van der Waals surface area contributed by atoms with Crippen LogP contribution in [0.2, 0.25) is 5.02 Å². The molecule has 1 aromatic heterocycles. The Hall–Kier alpha value is -3.55. The Kier molecular flexibility index (Phi) is 9.39. The number of carboxylic acids is 1. The number of rotatable bonds is 9. The number of benzene rings is 3. The summed E-state index contributed by atoms with van der Waals surface area (Å²) in [5.74, 6) is -1.76. The molecule has 0 bridgehead atoms. The van der Waals surface area contributed by atoms with E-state index in [1.165, 1.54) is 11.1 Å². The minimum atomic E-state index is -0.857. The summed E-state index contributed by atoms with van der Waals surface area (Å²) in [5, 5.41) is 11.1. The summed E-state index contributed by atoms with van der Waals surface area (Å²) >= 11 is 6.20. The molecule has 2 aliphatic rings. The third-order valence-corrected chi connectivity index (χ3v) is 9.25. The van der Waals surface area contributed by atoms with Crippen molar-refractivity contribution in [1.29, 1.82) is 0 Å². The molecular formula is C38H41ClN2O4. The molecule has 2 saturated heterocycles. The van der Waals surface area contributed by atoms with Crippen molar-refractivity contribution in [2.45, 2.75) is 51.9 Å². The molecule has 0 saturated carbocycles. The van der Waals surface area contributed by atoms with E-state index in [0.29, 0.717) is 37.5 Å². The zero-order chi connectivity index (χ0) is 31.4. The maximum atomic E-state index is 11.4. The Morgan fingerprint density at radius 2 is 1.69 bits per heavy atom. The second-order valence-corrected chi connectivity index (χ2v) is 13.6. The van der Waals surface area contributed by atoms with Gasteiger partial charge in [-0.1, -0.05) is 86.1 Å². The van der Waals surface area contributed by atoms with E-state index < -0.39 is 11.8 Å². The number of hydrogen-bond donors (Lipinski definition) is 1. The molecule has 2 aliphatic heterocycles. The Morgan fingerprint density at radius 3 is 2.44 bits per heavy atom. The van der Waals surface area contributed by atoms with Gasteiger partial charge in [-0.3, -0.25) is 9.69 Å². The number of aromatic nitrogens is 1. The zero-order valence-electron chi connectivity index (χ0n) is 26.0. The first-order chi connectivity index (χ1) is 21.7. The highest BCUT2D eigenvalue weighted by Gasteiger charge is 2.42. The van der Waals surface area contributed by atoms with E-state index in [1.807, 2.05) is 30.3 Å². The van der Waals surface area contributed by atoms with E-state index in [4.69, 9.17) is 26.1 Å². The van der Waals surface area contributed by atoms with Crippen molar-refractivity contribution < 1.29 is 19.4 Å². The number of likely N-dealkylation sites (tertiary alicyclic amines) is 1. The SMILES string of the molecule is CC1(C)COC(CCc2ccccc2CN2CCC(C(=O)O)CC2)(c2cccc(/C=C/c3ccc4ccc(Cl)cc4n3)c2)OC1. The zero-order valence-corrected chi connectivity index (χ0v) is 26.8. The molecule has 0 spiro atoms. The first-order valence-corrected chi connectivity index (χ1v) is 16.2. The predicted molar refractivity (Wildman–Crippen MR) is 180 cm³/mol. The number of aliphatic carboxylic acids is 1. The summed E-state index contributed by atoms with van der Waals surface area (Å²) < 4.78 is 13.3. The van der Waals surface area contributed by atoms with Crippen LogP contribution in [0, 0.1) is 11.3 Å². The van der Waals surface area contributed by atoms with Crippen molar-refractivity contribution in [1.82, 2.24) is 9.88 Å². The maximum absolute atomic E-state index is 11.4. The van der Waals surface area contributed by atoms with Gasteiger partial charge in [0.05, 0.1) is 30.3 Å². The number of ether oxygens (including phenoxy) is 2. The van der Waals surface area contributed by atoms with Crippen molar-refractivity contribution in [3.63, 3.8) is 0 Å². The highest BCUT2D eigenvalue weighted by molar-refractivity contribution is 6.31. The van der Waals surface area contributed by atoms with Crippen LogP contribution >= 0.6 is 11.6 Å². The molecular weight excluding hydrogens is 584 g/mol. The van der Waals surface area contributed by atoms with Gasteiger partial charge in [0.2, 0.25) is 0 Å². The van der Waals surface area contributed by atoms with E-state index >= 15 is 0 Å². The number of pyridine rings is 1. The minimum Gasteiger partial charge on any atom is -0.481 e. The van der Waals surface area contributed by atoms with E-state index in [1.54, 1.807) is 0 Å². The van der Waals surface area contributed by atoms with Gasteiger partial charge < -0.3 is 14.6 Å². The topological polar surface area (TPSA) is 71.9 Å². The van der Waals surface area contributed by atoms with Crippen LogP contribution in [0.1, 0.15) is 61.1 Å². The third-order valence-electron chi connectivity index (χ3n) is 9.01. The number of carbonyl (C=O) groups is 1. The standard InChI is InChI=1S/C38H41ClN2O4/c1-37(2)25-44-38(45-26-37,19-16-28-7-3-4-8-31(28)24-41-20-17-30(18-21-41)36(42)43)32-9-5-6-27(22-32)10-14-34-15-12-29-11-13-33(39)23-35(29)40-34/h3-15,22-23,30H,16-21,24-26H2,1-2H3,(H,42,43)/b14-10+. The molecule has 6 rings (SSSR count). The van der Waals surface area contributed by atoms with Crippen molar-refractivity contribution in [2.24, 2.45) is 11.3 Å². The van der Waals surface area contributed by atoms with Crippen LogP contribution in [-0.4, -0.2) is 47.3 Å². The molecule has 2 fully saturated rings. The molecule has 1 N–H and O–H groups in total. The number of fused-ring (bicyclic) bond motifs is 1. The summed E-state index contributed by atoms with van der Waals surface area (Å²) in [6.45, 7) is 7.98. The molecule has 0 atom stereocenters. The van der Waals surface area contributed by atoms with Gasteiger partial charge >= 0.3 is 5.97 Å². The smallest absolute Gasteiger partial charge is 0.306 e. The van der Waals surface area contributed by atoms with Gasteiger partial charge in [-0.25, -0.2) is 4.98 Å². The van der Waals surface area contributed by atoms with Crippen LogP contribution in [0.4, 0.5) is 0 Å². The molecule has 234 valence electrons. The van der Waals surface area contributed by atoms with Crippen molar-refractivity contribution in [2.75, 3.05) is 26.3 Å². The van der Waals surface area contributed by atoms with Gasteiger partial charge in [-0.15, -0.1) is 0 Å². The van der Waals surface area contributed by atoms with Crippen LogP contribution in [0.25, 0.3) is 23.1 Å². The van der Waals surface area contributed by atoms with Gasteiger partial charge in [0.25, 0.3) is 0 Å². The summed E-state index contributed by atoms with van der Waals surface area (Å²) in [5.41, 5.74) is 6.26. The number of hydrogen-bond acceptors (Lipinski definition) is 5. The Balaban J connectivity index is 1.21. The quantitative estimate of drug-likeness (QED) is 0.202. The van der Waals surface area contributed by atoms with E-state index in [-0.39, 0.29) is 11.3 Å². The van der Waals surface area contributed by atoms with Gasteiger partial charge in [0.15, 0.2) is 5.79 Å². The lowest BCUT2D eigenvalue weighted by Crippen LogP contribution is -2.46. The van der Waals surface area contributed by atoms with Gasteiger partial charge in [0.1, 0.15) is 0 Å². The molecule has 0 radical (unpaired) electrons. The monoisotopic (exact) mass is 624 g/mol. The third kappa shape index (κ3) is 7.64. The number of halogens is 1. The average Bonchev–Trinajstić information content (AvgIpc) is 3.04. The fourth-order valence-electron chi connectivity index (χ4n) is 6.26. The van der Waals surface area contributed by atoms with Crippen LogP contribution < -0.4 is 0 Å². The molecule has 3 heterocycles. The molecule has 7 heteroatoms. The molecule has 0 unspecified atom stereocenters. The van der Waals surface area contributed by atoms with Gasteiger partial charge in [0, 0.05) is 34.4 Å². The Labute approximate surface area is 270 Å². The highest BCUT2D eigenvalue weighted by Crippen LogP contribution is 2.40. The van der Waals surface area contributed by atoms with Gasteiger partial charge in [-0.05, 0) is 79.4 Å².